The fourth-order valence-corrected chi connectivity index (χ4v) is 4.21. The molecule has 2 aromatic rings. The standard InChI is InChI=1S/C15H12Br2/c16-14-13-9-5-4-6-11(13)10-15(14,17)12-7-2-1-3-8-12/h1-9,14H,10H2/t14-,15+/m1/s1. The van der Waals surface area contributed by atoms with Crippen molar-refractivity contribution in [3.05, 3.63) is 71.3 Å². The lowest BCUT2D eigenvalue weighted by Gasteiger charge is -2.26. The van der Waals surface area contributed by atoms with Crippen molar-refractivity contribution in [1.82, 2.24) is 0 Å². The van der Waals surface area contributed by atoms with Crippen molar-refractivity contribution in [3.63, 3.8) is 0 Å². The van der Waals surface area contributed by atoms with Crippen molar-refractivity contribution in [2.75, 3.05) is 0 Å². The van der Waals surface area contributed by atoms with E-state index in [1.54, 1.807) is 0 Å². The SMILES string of the molecule is Br[C@@H]1c2ccccc2C[C@]1(Br)c1ccccc1. The van der Waals surface area contributed by atoms with E-state index in [0.717, 1.165) is 6.42 Å². The number of fused-ring (bicyclic) bond motifs is 1. The highest BCUT2D eigenvalue weighted by Gasteiger charge is 2.43. The van der Waals surface area contributed by atoms with E-state index in [1.165, 1.54) is 16.7 Å². The fraction of sp³-hybridized carbons (Fsp3) is 0.200. The van der Waals surface area contributed by atoms with Crippen molar-refractivity contribution >= 4 is 31.9 Å². The molecule has 0 unspecified atom stereocenters. The molecule has 0 nitrogen and oxygen atoms in total. The van der Waals surface area contributed by atoms with Crippen molar-refractivity contribution < 1.29 is 0 Å². The second-order valence-electron chi connectivity index (χ2n) is 4.47. The van der Waals surface area contributed by atoms with Crippen LogP contribution < -0.4 is 0 Å². The minimum absolute atomic E-state index is 0.0159. The lowest BCUT2D eigenvalue weighted by molar-refractivity contribution is 0.680. The van der Waals surface area contributed by atoms with Crippen LogP contribution in [0.2, 0.25) is 0 Å². The van der Waals surface area contributed by atoms with E-state index in [1.807, 2.05) is 0 Å². The first-order chi connectivity index (χ1) is 8.22. The predicted molar refractivity (Wildman–Crippen MR) is 78.9 cm³/mol. The summed E-state index contributed by atoms with van der Waals surface area (Å²) in [5.74, 6) is 0. The first kappa shape index (κ1) is 11.5. The van der Waals surface area contributed by atoms with Gasteiger partial charge in [-0.25, -0.2) is 0 Å². The zero-order valence-corrected chi connectivity index (χ0v) is 12.4. The number of halogens is 2. The van der Waals surface area contributed by atoms with Crippen molar-refractivity contribution in [2.45, 2.75) is 15.6 Å². The molecule has 0 spiro atoms. The topological polar surface area (TPSA) is 0 Å². The second-order valence-corrected chi connectivity index (χ2v) is 6.80. The van der Waals surface area contributed by atoms with E-state index in [4.69, 9.17) is 0 Å². The summed E-state index contributed by atoms with van der Waals surface area (Å²) < 4.78 is -0.0159. The van der Waals surface area contributed by atoms with Crippen LogP contribution in [0.15, 0.2) is 54.6 Å². The lowest BCUT2D eigenvalue weighted by Crippen LogP contribution is -2.20. The molecule has 2 aromatic carbocycles. The van der Waals surface area contributed by atoms with Crippen LogP contribution in [0.3, 0.4) is 0 Å². The van der Waals surface area contributed by atoms with Crippen molar-refractivity contribution in [1.29, 1.82) is 0 Å². The average Bonchev–Trinajstić information content (AvgIpc) is 2.65. The Balaban J connectivity index is 2.09. The second kappa shape index (κ2) is 4.25. The molecule has 0 saturated heterocycles. The largest absolute Gasteiger partial charge is 0.0819 e. The number of hydrogen-bond acceptors (Lipinski definition) is 0. The Hall–Kier alpha value is -0.600. The average molecular weight is 352 g/mol. The molecular formula is C15H12Br2. The summed E-state index contributed by atoms with van der Waals surface area (Å²) in [6.07, 6.45) is 1.03. The van der Waals surface area contributed by atoms with Crippen molar-refractivity contribution in [3.8, 4) is 0 Å². The highest BCUT2D eigenvalue weighted by atomic mass is 79.9. The normalized spacial score (nSPS) is 26.8. The first-order valence-electron chi connectivity index (χ1n) is 5.68. The molecule has 0 aliphatic heterocycles. The Morgan fingerprint density at radius 1 is 0.941 bits per heavy atom. The molecule has 0 heterocycles. The van der Waals surface area contributed by atoms with E-state index >= 15 is 0 Å². The van der Waals surface area contributed by atoms with Gasteiger partial charge in [-0.05, 0) is 23.1 Å². The van der Waals surface area contributed by atoms with Gasteiger partial charge in [0, 0.05) is 0 Å². The summed E-state index contributed by atoms with van der Waals surface area (Å²) >= 11 is 7.80. The van der Waals surface area contributed by atoms with Gasteiger partial charge in [0.2, 0.25) is 0 Å². The Labute approximate surface area is 118 Å². The van der Waals surface area contributed by atoms with Gasteiger partial charge in [-0.15, -0.1) is 0 Å². The molecule has 0 amide bonds. The van der Waals surface area contributed by atoms with Gasteiger partial charge >= 0.3 is 0 Å². The Bertz CT molecular complexity index is 536. The predicted octanol–water partition coefficient (Wildman–Crippen LogP) is 4.97. The molecule has 86 valence electrons. The van der Waals surface area contributed by atoms with Gasteiger partial charge in [0.15, 0.2) is 0 Å². The van der Waals surface area contributed by atoms with Crippen LogP contribution in [0.1, 0.15) is 21.5 Å². The third-order valence-electron chi connectivity index (χ3n) is 3.43. The Morgan fingerprint density at radius 2 is 1.59 bits per heavy atom. The zero-order chi connectivity index (χ0) is 11.9. The molecule has 0 bridgehead atoms. The molecule has 1 aliphatic carbocycles. The highest BCUT2D eigenvalue weighted by molar-refractivity contribution is 9.12. The monoisotopic (exact) mass is 350 g/mol. The zero-order valence-electron chi connectivity index (χ0n) is 9.24. The van der Waals surface area contributed by atoms with Crippen LogP contribution in [-0.4, -0.2) is 0 Å². The molecule has 0 radical (unpaired) electrons. The minimum atomic E-state index is -0.0159. The van der Waals surface area contributed by atoms with Crippen LogP contribution in [0.5, 0.6) is 0 Å². The van der Waals surface area contributed by atoms with Gasteiger partial charge < -0.3 is 0 Å². The maximum atomic E-state index is 3.95. The summed E-state index contributed by atoms with van der Waals surface area (Å²) in [5.41, 5.74) is 4.15. The molecule has 17 heavy (non-hydrogen) atoms. The van der Waals surface area contributed by atoms with Crippen LogP contribution >= 0.6 is 31.9 Å². The van der Waals surface area contributed by atoms with E-state index in [9.17, 15) is 0 Å². The molecule has 3 rings (SSSR count). The molecular weight excluding hydrogens is 340 g/mol. The van der Waals surface area contributed by atoms with Gasteiger partial charge in [-0.2, -0.15) is 0 Å². The number of rotatable bonds is 1. The number of benzene rings is 2. The molecule has 0 aromatic heterocycles. The summed E-state index contributed by atoms with van der Waals surface area (Å²) in [5, 5.41) is 0. The minimum Gasteiger partial charge on any atom is -0.0819 e. The molecule has 2 heteroatoms. The quantitative estimate of drug-likeness (QED) is 0.636. The Kier molecular flexibility index (Phi) is 2.87. The van der Waals surface area contributed by atoms with Crippen LogP contribution in [0, 0.1) is 0 Å². The van der Waals surface area contributed by atoms with E-state index in [-0.39, 0.29) is 4.32 Å². The van der Waals surface area contributed by atoms with Gasteiger partial charge in [0.1, 0.15) is 0 Å². The van der Waals surface area contributed by atoms with E-state index in [0.29, 0.717) is 4.83 Å². The summed E-state index contributed by atoms with van der Waals surface area (Å²) in [7, 11) is 0. The van der Waals surface area contributed by atoms with Gasteiger partial charge in [0.05, 0.1) is 9.15 Å². The van der Waals surface area contributed by atoms with Crippen LogP contribution in [0.4, 0.5) is 0 Å². The number of alkyl halides is 2. The third-order valence-corrected chi connectivity index (χ3v) is 6.52. The van der Waals surface area contributed by atoms with Gasteiger partial charge in [-0.3, -0.25) is 0 Å². The van der Waals surface area contributed by atoms with Crippen molar-refractivity contribution in [2.24, 2.45) is 0 Å². The smallest absolute Gasteiger partial charge is 0.0711 e. The van der Waals surface area contributed by atoms with Gasteiger partial charge in [0.25, 0.3) is 0 Å². The summed E-state index contributed by atoms with van der Waals surface area (Å²) in [6.45, 7) is 0. The summed E-state index contributed by atoms with van der Waals surface area (Å²) in [6, 6.07) is 19.3. The molecule has 0 N–H and O–H groups in total. The maximum absolute atomic E-state index is 3.95. The van der Waals surface area contributed by atoms with E-state index in [2.05, 4.69) is 86.5 Å². The van der Waals surface area contributed by atoms with E-state index < -0.39 is 0 Å². The molecule has 0 saturated carbocycles. The summed E-state index contributed by atoms with van der Waals surface area (Å²) in [4.78, 5) is 0.327. The van der Waals surface area contributed by atoms with Crippen LogP contribution in [-0.2, 0) is 10.7 Å². The first-order valence-corrected chi connectivity index (χ1v) is 7.39. The maximum Gasteiger partial charge on any atom is 0.0711 e. The molecule has 0 fully saturated rings. The fourth-order valence-electron chi connectivity index (χ4n) is 2.52. The number of hydrogen-bond donors (Lipinski definition) is 0. The van der Waals surface area contributed by atoms with Crippen LogP contribution in [0.25, 0.3) is 0 Å². The Morgan fingerprint density at radius 3 is 2.29 bits per heavy atom. The molecule has 1 aliphatic rings. The third kappa shape index (κ3) is 1.78. The van der Waals surface area contributed by atoms with Gasteiger partial charge in [-0.1, -0.05) is 86.5 Å². The lowest BCUT2D eigenvalue weighted by atomic mass is 9.96. The highest BCUT2D eigenvalue weighted by Crippen LogP contribution is 2.56. The molecule has 2 atom stereocenters.